The van der Waals surface area contributed by atoms with E-state index in [1.54, 1.807) is 63.7 Å². The van der Waals surface area contributed by atoms with Crippen molar-refractivity contribution in [1.29, 1.82) is 0 Å². The molecule has 180 valence electrons. The van der Waals surface area contributed by atoms with Gasteiger partial charge in [-0.2, -0.15) is 0 Å². The second kappa shape index (κ2) is 11.8. The van der Waals surface area contributed by atoms with Gasteiger partial charge in [-0.25, -0.2) is 0 Å². The summed E-state index contributed by atoms with van der Waals surface area (Å²) >= 11 is 0. The number of nitrogens with one attached hydrogen (secondary N) is 1. The van der Waals surface area contributed by atoms with Crippen LogP contribution in [0.1, 0.15) is 23.8 Å². The van der Waals surface area contributed by atoms with Gasteiger partial charge in [-0.3, -0.25) is 9.59 Å². The summed E-state index contributed by atoms with van der Waals surface area (Å²) in [7, 11) is 4.70. The Morgan fingerprint density at radius 1 is 0.941 bits per heavy atom. The van der Waals surface area contributed by atoms with E-state index in [0.717, 1.165) is 16.9 Å². The number of methoxy groups -OCH3 is 3. The first-order chi connectivity index (χ1) is 16.4. The molecule has 1 heterocycles. The van der Waals surface area contributed by atoms with E-state index in [1.165, 1.54) is 0 Å². The number of hydrogen-bond acceptors (Lipinski definition) is 6. The van der Waals surface area contributed by atoms with Crippen LogP contribution in [0.5, 0.6) is 17.2 Å². The number of carbonyl (C=O) groups excluding carboxylic acids is 2. The summed E-state index contributed by atoms with van der Waals surface area (Å²) in [5, 5.41) is 2.84. The average Bonchev–Trinajstić information content (AvgIpc) is 3.39. The maximum absolute atomic E-state index is 13.4. The molecule has 1 N–H and O–H groups in total. The molecule has 1 atom stereocenters. The maximum atomic E-state index is 13.4. The molecule has 0 aliphatic carbocycles. The molecule has 34 heavy (non-hydrogen) atoms. The smallest absolute Gasteiger partial charge is 0.242 e. The van der Waals surface area contributed by atoms with Gasteiger partial charge in [0.1, 0.15) is 17.6 Å². The Morgan fingerprint density at radius 3 is 2.26 bits per heavy atom. The third kappa shape index (κ3) is 6.31. The number of amides is 2. The molecule has 0 fully saturated rings. The van der Waals surface area contributed by atoms with Gasteiger partial charge in [0.05, 0.1) is 40.6 Å². The van der Waals surface area contributed by atoms with E-state index in [-0.39, 0.29) is 31.3 Å². The van der Waals surface area contributed by atoms with Crippen molar-refractivity contribution in [1.82, 2.24) is 10.2 Å². The van der Waals surface area contributed by atoms with Crippen LogP contribution in [0.3, 0.4) is 0 Å². The minimum Gasteiger partial charge on any atom is -0.497 e. The number of furan rings is 1. The molecule has 8 heteroatoms. The quantitative estimate of drug-likeness (QED) is 0.465. The van der Waals surface area contributed by atoms with Crippen LogP contribution in [0.4, 0.5) is 0 Å². The number of benzene rings is 2. The highest BCUT2D eigenvalue weighted by Crippen LogP contribution is 2.28. The van der Waals surface area contributed by atoms with E-state index < -0.39 is 6.04 Å². The van der Waals surface area contributed by atoms with Crippen LogP contribution >= 0.6 is 0 Å². The van der Waals surface area contributed by atoms with Crippen LogP contribution in [0.2, 0.25) is 0 Å². The van der Waals surface area contributed by atoms with E-state index >= 15 is 0 Å². The Bertz CT molecular complexity index is 1080. The van der Waals surface area contributed by atoms with E-state index in [9.17, 15) is 9.59 Å². The van der Waals surface area contributed by atoms with Gasteiger partial charge in [-0.15, -0.1) is 0 Å². The van der Waals surface area contributed by atoms with Crippen LogP contribution in [0.15, 0.2) is 65.3 Å². The van der Waals surface area contributed by atoms with Gasteiger partial charge in [0.15, 0.2) is 11.5 Å². The molecule has 2 aromatic carbocycles. The number of carbonyl (C=O) groups is 2. The Balaban J connectivity index is 1.78. The van der Waals surface area contributed by atoms with Crippen LogP contribution in [-0.4, -0.2) is 44.1 Å². The summed E-state index contributed by atoms with van der Waals surface area (Å²) in [4.78, 5) is 27.9. The first-order valence-electron chi connectivity index (χ1n) is 10.9. The van der Waals surface area contributed by atoms with Crippen molar-refractivity contribution in [3.8, 4) is 17.2 Å². The van der Waals surface area contributed by atoms with Crippen molar-refractivity contribution >= 4 is 11.8 Å². The summed E-state index contributed by atoms with van der Waals surface area (Å²) < 4.78 is 21.1. The minimum absolute atomic E-state index is 0.103. The molecular formula is C26H30N2O6. The van der Waals surface area contributed by atoms with Gasteiger partial charge in [-0.1, -0.05) is 18.2 Å². The monoisotopic (exact) mass is 466 g/mol. The van der Waals surface area contributed by atoms with E-state index in [4.69, 9.17) is 18.6 Å². The highest BCUT2D eigenvalue weighted by molar-refractivity contribution is 5.88. The topological polar surface area (TPSA) is 90.2 Å². The Kier molecular flexibility index (Phi) is 8.56. The van der Waals surface area contributed by atoms with Crippen molar-refractivity contribution in [3.63, 3.8) is 0 Å². The van der Waals surface area contributed by atoms with E-state index in [1.807, 2.05) is 30.3 Å². The Morgan fingerprint density at radius 2 is 1.65 bits per heavy atom. The molecule has 3 aromatic rings. The number of rotatable bonds is 11. The highest BCUT2D eigenvalue weighted by atomic mass is 16.5. The summed E-state index contributed by atoms with van der Waals surface area (Å²) in [5.74, 6) is 2.02. The lowest BCUT2D eigenvalue weighted by molar-refractivity contribution is -0.140. The predicted molar refractivity (Wildman–Crippen MR) is 127 cm³/mol. The lowest BCUT2D eigenvalue weighted by atomic mass is 10.1. The second-order valence-electron chi connectivity index (χ2n) is 7.71. The van der Waals surface area contributed by atoms with Gasteiger partial charge in [-0.05, 0) is 54.4 Å². The fourth-order valence-corrected chi connectivity index (χ4v) is 3.51. The number of hydrogen-bond donors (Lipinski definition) is 1. The van der Waals surface area contributed by atoms with Crippen molar-refractivity contribution in [2.24, 2.45) is 0 Å². The molecule has 0 radical (unpaired) electrons. The SMILES string of the molecule is COc1ccc(CN(C(=O)Cc2ccc(OC)c(OC)c2)C(C)C(=O)NCc2ccco2)cc1. The van der Waals surface area contributed by atoms with Crippen molar-refractivity contribution in [3.05, 3.63) is 77.7 Å². The third-order valence-corrected chi connectivity index (χ3v) is 5.50. The standard InChI is InChI=1S/C26H30N2O6/c1-18(26(30)27-16-22-6-5-13-34-22)28(17-19-7-10-21(31-2)11-8-19)25(29)15-20-9-12-23(32-3)24(14-20)33-4/h5-14,18H,15-17H2,1-4H3,(H,27,30). The molecule has 1 aromatic heterocycles. The molecule has 0 aliphatic rings. The van der Waals surface area contributed by atoms with Crippen LogP contribution in [0.25, 0.3) is 0 Å². The number of nitrogens with zero attached hydrogens (tertiary/aromatic N) is 1. The molecule has 0 aliphatic heterocycles. The van der Waals surface area contributed by atoms with Gasteiger partial charge in [0.25, 0.3) is 0 Å². The normalized spacial score (nSPS) is 11.4. The zero-order chi connectivity index (χ0) is 24.5. The summed E-state index contributed by atoms with van der Waals surface area (Å²) in [6.07, 6.45) is 1.65. The third-order valence-electron chi connectivity index (χ3n) is 5.50. The fourth-order valence-electron chi connectivity index (χ4n) is 3.51. The Labute approximate surface area is 199 Å². The largest absolute Gasteiger partial charge is 0.497 e. The van der Waals surface area contributed by atoms with Crippen molar-refractivity contribution in [2.45, 2.75) is 32.5 Å². The first kappa shape index (κ1) is 24.7. The molecule has 2 amide bonds. The van der Waals surface area contributed by atoms with Gasteiger partial charge in [0, 0.05) is 6.54 Å². The van der Waals surface area contributed by atoms with Gasteiger partial charge >= 0.3 is 0 Å². The molecule has 3 rings (SSSR count). The lowest BCUT2D eigenvalue weighted by Crippen LogP contribution is -2.47. The van der Waals surface area contributed by atoms with Crippen LogP contribution in [0, 0.1) is 0 Å². The molecule has 0 saturated heterocycles. The average molecular weight is 467 g/mol. The fraction of sp³-hybridized carbons (Fsp3) is 0.308. The van der Waals surface area contributed by atoms with E-state index in [2.05, 4.69) is 5.32 Å². The predicted octanol–water partition coefficient (Wildman–Crippen LogP) is 3.58. The van der Waals surface area contributed by atoms with E-state index in [0.29, 0.717) is 17.3 Å². The molecular weight excluding hydrogens is 436 g/mol. The Hall–Kier alpha value is -3.94. The lowest BCUT2D eigenvalue weighted by Gasteiger charge is -2.29. The minimum atomic E-state index is -0.704. The second-order valence-corrected chi connectivity index (χ2v) is 7.71. The molecule has 8 nitrogen and oxygen atoms in total. The van der Waals surface area contributed by atoms with Gasteiger partial charge < -0.3 is 28.8 Å². The zero-order valence-electron chi connectivity index (χ0n) is 19.9. The first-order valence-corrected chi connectivity index (χ1v) is 10.9. The molecule has 0 spiro atoms. The van der Waals surface area contributed by atoms with Crippen molar-refractivity contribution < 1.29 is 28.2 Å². The van der Waals surface area contributed by atoms with Crippen molar-refractivity contribution in [2.75, 3.05) is 21.3 Å². The van der Waals surface area contributed by atoms with Gasteiger partial charge in [0.2, 0.25) is 11.8 Å². The summed E-state index contributed by atoms with van der Waals surface area (Å²) in [5.41, 5.74) is 1.64. The van der Waals surface area contributed by atoms with Crippen LogP contribution < -0.4 is 19.5 Å². The molecule has 1 unspecified atom stereocenters. The van der Waals surface area contributed by atoms with Crippen LogP contribution in [-0.2, 0) is 29.1 Å². The molecule has 0 saturated carbocycles. The summed E-state index contributed by atoms with van der Waals surface area (Å²) in [6.45, 7) is 2.23. The molecule has 0 bridgehead atoms. The maximum Gasteiger partial charge on any atom is 0.242 e. The number of ether oxygens (including phenoxy) is 3. The zero-order valence-corrected chi connectivity index (χ0v) is 19.9. The summed E-state index contributed by atoms with van der Waals surface area (Å²) in [6, 6.07) is 15.6. The highest BCUT2D eigenvalue weighted by Gasteiger charge is 2.26.